The van der Waals surface area contributed by atoms with Crippen LogP contribution in [0.15, 0.2) is 0 Å². The molecule has 1 amide bonds. The van der Waals surface area contributed by atoms with Crippen molar-refractivity contribution in [3.63, 3.8) is 0 Å². The van der Waals surface area contributed by atoms with Gasteiger partial charge in [0.25, 0.3) is 0 Å². The minimum absolute atomic E-state index is 0.0755. The first-order valence-electron chi connectivity index (χ1n) is 8.90. The number of hydrogen-bond acceptors (Lipinski definition) is 6. The zero-order valence-corrected chi connectivity index (χ0v) is 15.8. The van der Waals surface area contributed by atoms with Crippen molar-refractivity contribution >= 4 is 18.2 Å². The number of amides is 1. The number of esters is 1. The highest BCUT2D eigenvalue weighted by atomic mass is 16.7. The number of likely N-dealkylation sites (tertiary alicyclic amines) is 1. The van der Waals surface area contributed by atoms with E-state index in [-0.39, 0.29) is 23.5 Å². The molecule has 0 N–H and O–H groups in total. The Balaban J connectivity index is 1.75. The molecule has 1 aliphatic carbocycles. The second-order valence-corrected chi connectivity index (χ2v) is 8.45. The first-order valence-corrected chi connectivity index (χ1v) is 8.90. The first-order chi connectivity index (χ1) is 11.5. The number of ether oxygens (including phenoxy) is 3. The highest BCUT2D eigenvalue weighted by molar-refractivity contribution is 5.83. The van der Waals surface area contributed by atoms with Gasteiger partial charge in [-0.2, -0.15) is 0 Å². The molecule has 0 aromatic rings. The van der Waals surface area contributed by atoms with Gasteiger partial charge in [0.15, 0.2) is 0 Å². The van der Waals surface area contributed by atoms with Crippen LogP contribution in [0.4, 0.5) is 9.59 Å². The van der Waals surface area contributed by atoms with Crippen molar-refractivity contribution in [2.75, 3.05) is 13.1 Å². The summed E-state index contributed by atoms with van der Waals surface area (Å²) in [6, 6.07) is 0. The van der Waals surface area contributed by atoms with E-state index >= 15 is 0 Å². The van der Waals surface area contributed by atoms with E-state index in [4.69, 9.17) is 14.2 Å². The van der Waals surface area contributed by atoms with Crippen LogP contribution in [-0.4, -0.2) is 47.9 Å². The molecule has 2 aliphatic rings. The summed E-state index contributed by atoms with van der Waals surface area (Å²) in [6.07, 6.45) is 1.47. The molecule has 0 aromatic heterocycles. The summed E-state index contributed by atoms with van der Waals surface area (Å²) in [7, 11) is 0. The molecule has 0 atom stereocenters. The molecule has 1 aliphatic heterocycles. The van der Waals surface area contributed by atoms with Gasteiger partial charge in [0, 0.05) is 18.5 Å². The van der Waals surface area contributed by atoms with Crippen LogP contribution in [0.5, 0.6) is 0 Å². The predicted molar refractivity (Wildman–Crippen MR) is 89.9 cm³/mol. The Kier molecular flexibility index (Phi) is 5.64. The highest BCUT2D eigenvalue weighted by Crippen LogP contribution is 2.46. The molecule has 25 heavy (non-hydrogen) atoms. The molecule has 0 unspecified atom stereocenters. The van der Waals surface area contributed by atoms with Gasteiger partial charge in [0.2, 0.25) is 0 Å². The average molecular weight is 355 g/mol. The van der Waals surface area contributed by atoms with Gasteiger partial charge >= 0.3 is 18.2 Å². The maximum absolute atomic E-state index is 12.0. The van der Waals surface area contributed by atoms with Crippen LogP contribution in [-0.2, 0) is 19.0 Å². The quantitative estimate of drug-likeness (QED) is 0.557. The van der Waals surface area contributed by atoms with Gasteiger partial charge in [-0.25, -0.2) is 9.59 Å². The number of carbonyl (C=O) groups is 3. The van der Waals surface area contributed by atoms with E-state index in [1.165, 1.54) is 0 Å². The van der Waals surface area contributed by atoms with Crippen LogP contribution in [0, 0.1) is 11.3 Å². The molecular weight excluding hydrogens is 326 g/mol. The third kappa shape index (κ3) is 5.34. The smallest absolute Gasteiger partial charge is 0.444 e. The minimum atomic E-state index is -0.931. The Hall–Kier alpha value is -1.79. The predicted octanol–water partition coefficient (Wildman–Crippen LogP) is 3.50. The van der Waals surface area contributed by atoms with Gasteiger partial charge in [-0.1, -0.05) is 0 Å². The van der Waals surface area contributed by atoms with E-state index in [9.17, 15) is 14.4 Å². The van der Waals surface area contributed by atoms with E-state index in [2.05, 4.69) is 0 Å². The molecule has 7 nitrogen and oxygen atoms in total. The van der Waals surface area contributed by atoms with Crippen molar-refractivity contribution in [2.45, 2.75) is 72.0 Å². The summed E-state index contributed by atoms with van der Waals surface area (Å²) < 4.78 is 14.9. The molecule has 0 aromatic carbocycles. The summed E-state index contributed by atoms with van der Waals surface area (Å²) in [4.78, 5) is 37.2. The molecule has 1 saturated carbocycles. The molecule has 1 saturated heterocycles. The number of carbonyl (C=O) groups excluding carboxylic acids is 3. The lowest BCUT2D eigenvalue weighted by atomic mass is 9.66. The summed E-state index contributed by atoms with van der Waals surface area (Å²) in [5.41, 5.74) is -0.419. The fraction of sp³-hybridized carbons (Fsp3) is 0.833. The van der Waals surface area contributed by atoms with Crippen molar-refractivity contribution in [3.05, 3.63) is 0 Å². The summed E-state index contributed by atoms with van der Waals surface area (Å²) >= 11 is 0. The molecule has 7 heteroatoms. The van der Waals surface area contributed by atoms with Crippen molar-refractivity contribution < 1.29 is 28.6 Å². The lowest BCUT2D eigenvalue weighted by Crippen LogP contribution is -2.60. The molecule has 1 spiro atoms. The largest absolute Gasteiger partial charge is 0.516 e. The topological polar surface area (TPSA) is 82.1 Å². The van der Waals surface area contributed by atoms with E-state index in [1.807, 2.05) is 20.8 Å². The van der Waals surface area contributed by atoms with Gasteiger partial charge in [0.1, 0.15) is 5.60 Å². The van der Waals surface area contributed by atoms with Crippen LogP contribution in [0.2, 0.25) is 0 Å². The average Bonchev–Trinajstić information content (AvgIpc) is 2.41. The molecule has 142 valence electrons. The molecule has 2 rings (SSSR count). The number of nitrogens with zero attached hydrogens (tertiary/aromatic N) is 1. The number of hydrogen-bond donors (Lipinski definition) is 0. The lowest BCUT2D eigenvalue weighted by Gasteiger charge is -2.52. The van der Waals surface area contributed by atoms with Crippen LogP contribution in [0.3, 0.4) is 0 Å². The molecule has 0 bridgehead atoms. The maximum atomic E-state index is 12.0. The van der Waals surface area contributed by atoms with Gasteiger partial charge in [-0.15, -0.1) is 0 Å². The minimum Gasteiger partial charge on any atom is -0.444 e. The van der Waals surface area contributed by atoms with Crippen molar-refractivity contribution in [2.24, 2.45) is 11.3 Å². The van der Waals surface area contributed by atoms with E-state index < -0.39 is 17.7 Å². The number of rotatable bonds is 2. The van der Waals surface area contributed by atoms with Gasteiger partial charge in [-0.3, -0.25) is 4.79 Å². The summed E-state index contributed by atoms with van der Waals surface area (Å²) in [6.45, 7) is 10.3. The standard InChI is InChI=1S/C18H29NO6/c1-12(2)23-16(22)24-14(20)13-6-8-18(9-7-13)10-19(11-18)15(21)25-17(3,4)5/h12-13H,6-11H2,1-5H3. The monoisotopic (exact) mass is 355 g/mol. The molecule has 2 fully saturated rings. The van der Waals surface area contributed by atoms with Crippen LogP contribution < -0.4 is 0 Å². The Bertz CT molecular complexity index is 520. The van der Waals surface area contributed by atoms with E-state index in [1.54, 1.807) is 18.7 Å². The van der Waals surface area contributed by atoms with Crippen molar-refractivity contribution in [3.8, 4) is 0 Å². The Morgan fingerprint density at radius 3 is 2.12 bits per heavy atom. The normalized spacial score (nSPS) is 20.2. The zero-order valence-electron chi connectivity index (χ0n) is 15.8. The Morgan fingerprint density at radius 2 is 1.64 bits per heavy atom. The SMILES string of the molecule is CC(C)OC(=O)OC(=O)C1CCC2(CC1)CN(C(=O)OC(C)(C)C)C2. The Labute approximate surface area is 149 Å². The third-order valence-electron chi connectivity index (χ3n) is 4.60. The van der Waals surface area contributed by atoms with Gasteiger partial charge < -0.3 is 19.1 Å². The van der Waals surface area contributed by atoms with Crippen LogP contribution in [0.1, 0.15) is 60.3 Å². The second kappa shape index (κ2) is 7.22. The highest BCUT2D eigenvalue weighted by Gasteiger charge is 2.49. The van der Waals surface area contributed by atoms with E-state index in [0.717, 1.165) is 12.8 Å². The molecular formula is C18H29NO6. The van der Waals surface area contributed by atoms with E-state index in [0.29, 0.717) is 25.9 Å². The van der Waals surface area contributed by atoms with Crippen LogP contribution >= 0.6 is 0 Å². The molecule has 0 radical (unpaired) electrons. The Morgan fingerprint density at radius 1 is 1.08 bits per heavy atom. The fourth-order valence-corrected chi connectivity index (χ4v) is 3.38. The first kappa shape index (κ1) is 19.5. The van der Waals surface area contributed by atoms with Gasteiger partial charge in [0.05, 0.1) is 12.0 Å². The van der Waals surface area contributed by atoms with Crippen molar-refractivity contribution in [1.29, 1.82) is 0 Å². The zero-order chi connectivity index (χ0) is 18.8. The van der Waals surface area contributed by atoms with Crippen LogP contribution in [0.25, 0.3) is 0 Å². The fourth-order valence-electron chi connectivity index (χ4n) is 3.38. The third-order valence-corrected chi connectivity index (χ3v) is 4.60. The summed E-state index contributed by atoms with van der Waals surface area (Å²) in [5, 5.41) is 0. The lowest BCUT2D eigenvalue weighted by molar-refractivity contribution is -0.148. The maximum Gasteiger partial charge on any atom is 0.516 e. The second-order valence-electron chi connectivity index (χ2n) is 8.45. The summed E-state index contributed by atoms with van der Waals surface area (Å²) in [5.74, 6) is -0.787. The van der Waals surface area contributed by atoms with Crippen molar-refractivity contribution in [1.82, 2.24) is 4.90 Å². The molecule has 1 heterocycles. The van der Waals surface area contributed by atoms with Gasteiger partial charge in [-0.05, 0) is 60.3 Å².